The van der Waals surface area contributed by atoms with E-state index in [0.717, 1.165) is 54.3 Å². The molecule has 512 valence electrons. The molecule has 4 aliphatic heterocycles. The quantitative estimate of drug-likeness (QED) is 0.0404. The first kappa shape index (κ1) is 73.9. The van der Waals surface area contributed by atoms with Gasteiger partial charge in [0.15, 0.2) is 31.5 Å². The molecule has 17 heteroatoms. The summed E-state index contributed by atoms with van der Waals surface area (Å²) < 4.78 is 86.6. The third kappa shape index (κ3) is 16.7. The summed E-state index contributed by atoms with van der Waals surface area (Å²) in [7, 11) is 0.0426. The van der Waals surface area contributed by atoms with Crippen molar-refractivity contribution in [2.45, 2.75) is 264 Å². The van der Waals surface area contributed by atoms with Gasteiger partial charge in [-0.3, -0.25) is 4.79 Å². The molecule has 0 aromatic heterocycles. The molecule has 15 nitrogen and oxygen atoms in total. The molecule has 4 heterocycles. The maximum absolute atomic E-state index is 14.7. The van der Waals surface area contributed by atoms with Crippen molar-refractivity contribution in [3.8, 4) is 5.75 Å². The lowest BCUT2D eigenvalue weighted by Crippen LogP contribution is -2.68. The van der Waals surface area contributed by atoms with Crippen molar-refractivity contribution in [2.24, 2.45) is 29.6 Å². The average molecular weight is 1310 g/mol. The summed E-state index contributed by atoms with van der Waals surface area (Å²) in [6.07, 6.45) is 6.03. The Kier molecular flexibility index (Phi) is 25.0. The van der Waals surface area contributed by atoms with Crippen LogP contribution in [0.1, 0.15) is 168 Å². The molecule has 3 aromatic rings. The minimum absolute atomic E-state index is 0.0861. The van der Waals surface area contributed by atoms with E-state index in [4.69, 9.17) is 61.0 Å². The number of allylic oxidation sites excluding steroid dienone is 2. The molecule has 0 bridgehead atoms. The highest BCUT2D eigenvalue weighted by Crippen LogP contribution is 2.51. The number of methoxy groups -OCH3 is 3. The molecule has 15 atom stereocenters. The molecule has 0 N–H and O–H groups in total. The molecule has 4 saturated heterocycles. The maximum Gasteiger partial charge on any atom is 0.341 e. The van der Waals surface area contributed by atoms with Crippen molar-refractivity contribution in [2.75, 3.05) is 34.5 Å². The van der Waals surface area contributed by atoms with Crippen LogP contribution in [0.4, 0.5) is 0 Å². The van der Waals surface area contributed by atoms with Gasteiger partial charge in [0.05, 0.1) is 63.6 Å². The molecule has 0 radical (unpaired) electrons. The zero-order chi connectivity index (χ0) is 67.0. The fraction of sp³-hybridized carbons (Fsp3) is 0.680. The number of hydrogen-bond acceptors (Lipinski definition) is 15. The number of carbonyl (C=O) groups is 2. The molecule has 2 spiro atoms. The largest absolute Gasteiger partial charge is 0.497 e. The third-order valence-corrected chi connectivity index (χ3v) is 30.3. The van der Waals surface area contributed by atoms with Gasteiger partial charge in [0.1, 0.15) is 11.9 Å². The first-order valence-electron chi connectivity index (χ1n) is 34.5. The molecule has 3 aromatic carbocycles. The molecule has 1 saturated carbocycles. The van der Waals surface area contributed by atoms with Crippen LogP contribution in [0.2, 0.25) is 23.2 Å². The second kappa shape index (κ2) is 31.1. The predicted molar refractivity (Wildman–Crippen MR) is 365 cm³/mol. The number of ether oxygens (including phenoxy) is 11. The monoisotopic (exact) mass is 1310 g/mol. The van der Waals surface area contributed by atoms with Crippen molar-refractivity contribution < 1.29 is 70.5 Å². The predicted octanol–water partition coefficient (Wildman–Crippen LogP) is 14.4. The Hall–Kier alpha value is -3.93. The topological polar surface area (TPSA) is 154 Å². The normalized spacial score (nSPS) is 30.6. The van der Waals surface area contributed by atoms with E-state index in [9.17, 15) is 9.59 Å². The summed E-state index contributed by atoms with van der Waals surface area (Å²) in [4.78, 5) is 28.1. The molecule has 8 rings (SSSR count). The number of ketones is 1. The van der Waals surface area contributed by atoms with Crippen LogP contribution in [0.3, 0.4) is 0 Å². The standard InChI is InChI=1S/C75H114O15Si2/c1-20-81-70(77)69-75(90-73(15,16)86-69)53(8)44-65(80-19)68(85-75)62(76)42-51(6)40-50(5)41-57-46-59(82-48-55-34-37-58(78-17)38-35-55)49-83-74(57)47-66(84-72(13,14)89-74)54(9)67(88-91(21-2,22-3)23-4)52(7)43-56-36-39-63(64(45-56)79-18)87-92(71(10,11)12,60-30-26-24-27-31-60)61-32-28-25-29-33-61/h24-35,37-38,41,43,51,53-54,56-57,59,63-69H,20-23,36,39-40,42,44-49H2,1-19H3/b50-41+,52-43+/t51-,53+,54+,56-,57-,59+,63+,64+,65-,66-,67+,68+,69-,74+,75-/m0/s1. The second-order valence-electron chi connectivity index (χ2n) is 29.2. The van der Waals surface area contributed by atoms with E-state index < -0.39 is 64.1 Å². The van der Waals surface area contributed by atoms with Crippen molar-refractivity contribution in [3.63, 3.8) is 0 Å². The highest BCUT2D eigenvalue weighted by molar-refractivity contribution is 6.99. The van der Waals surface area contributed by atoms with E-state index >= 15 is 0 Å². The highest BCUT2D eigenvalue weighted by atomic mass is 28.4. The van der Waals surface area contributed by atoms with Crippen LogP contribution in [0.25, 0.3) is 0 Å². The first-order chi connectivity index (χ1) is 43.6. The number of rotatable bonds is 27. The van der Waals surface area contributed by atoms with Gasteiger partial charge in [-0.1, -0.05) is 153 Å². The Labute approximate surface area is 554 Å². The van der Waals surface area contributed by atoms with E-state index in [1.54, 1.807) is 35.0 Å². The lowest BCUT2D eigenvalue weighted by Gasteiger charge is -2.55. The van der Waals surface area contributed by atoms with Gasteiger partial charge in [0.2, 0.25) is 11.9 Å². The molecule has 5 aliphatic rings. The number of benzene rings is 3. The van der Waals surface area contributed by atoms with Crippen LogP contribution in [-0.2, 0) is 72.4 Å². The highest BCUT2D eigenvalue weighted by Gasteiger charge is 2.66. The van der Waals surface area contributed by atoms with Gasteiger partial charge in [-0.05, 0) is 156 Å². The van der Waals surface area contributed by atoms with Crippen LogP contribution in [-0.4, -0.2) is 135 Å². The Morgan fingerprint density at radius 3 is 1.92 bits per heavy atom. The smallest absolute Gasteiger partial charge is 0.341 e. The molecule has 0 amide bonds. The van der Waals surface area contributed by atoms with Gasteiger partial charge in [-0.15, -0.1) is 0 Å². The summed E-state index contributed by atoms with van der Waals surface area (Å²) in [5.74, 6) is -5.34. The Morgan fingerprint density at radius 1 is 0.728 bits per heavy atom. The third-order valence-electron chi connectivity index (χ3n) is 20.6. The van der Waals surface area contributed by atoms with E-state index in [0.29, 0.717) is 38.9 Å². The first-order valence-corrected chi connectivity index (χ1v) is 38.9. The lowest BCUT2D eigenvalue weighted by atomic mass is 9.78. The van der Waals surface area contributed by atoms with Gasteiger partial charge in [0, 0.05) is 44.8 Å². The van der Waals surface area contributed by atoms with Crippen LogP contribution in [0, 0.1) is 29.6 Å². The Balaban J connectivity index is 1.06. The Bertz CT molecular complexity index is 2860. The fourth-order valence-corrected chi connectivity index (χ4v) is 23.4. The van der Waals surface area contributed by atoms with Gasteiger partial charge in [0.25, 0.3) is 8.32 Å². The number of esters is 1. The second-order valence-corrected chi connectivity index (χ2v) is 38.2. The van der Waals surface area contributed by atoms with Crippen molar-refractivity contribution in [1.82, 2.24) is 0 Å². The van der Waals surface area contributed by atoms with Crippen molar-refractivity contribution >= 4 is 38.8 Å². The van der Waals surface area contributed by atoms with Crippen LogP contribution in [0.5, 0.6) is 5.75 Å². The summed E-state index contributed by atoms with van der Waals surface area (Å²) in [6, 6.07) is 32.8. The van der Waals surface area contributed by atoms with Crippen LogP contribution >= 0.6 is 0 Å². The van der Waals surface area contributed by atoms with E-state index in [2.05, 4.69) is 142 Å². The van der Waals surface area contributed by atoms with Crippen LogP contribution < -0.4 is 15.1 Å². The fourth-order valence-electron chi connectivity index (χ4n) is 15.7. The van der Waals surface area contributed by atoms with Gasteiger partial charge in [-0.25, -0.2) is 4.79 Å². The summed E-state index contributed by atoms with van der Waals surface area (Å²) in [6.45, 7) is 34.8. The molecule has 5 fully saturated rings. The Morgan fingerprint density at radius 2 is 1.35 bits per heavy atom. The number of Topliss-reactive ketones (excluding diaryl/α,β-unsaturated/α-hetero) is 1. The minimum Gasteiger partial charge on any atom is -0.497 e. The zero-order valence-corrected chi connectivity index (χ0v) is 61.3. The number of hydrogen-bond donors (Lipinski definition) is 0. The van der Waals surface area contributed by atoms with E-state index in [-0.39, 0.29) is 84.0 Å². The maximum atomic E-state index is 14.7. The number of carbonyl (C=O) groups excluding carboxylic acids is 2. The van der Waals surface area contributed by atoms with Gasteiger partial charge < -0.3 is 61.0 Å². The molecule has 1 aliphatic carbocycles. The molecular formula is C75H114O15Si2. The van der Waals surface area contributed by atoms with Crippen molar-refractivity contribution in [1.29, 1.82) is 0 Å². The van der Waals surface area contributed by atoms with Crippen molar-refractivity contribution in [3.05, 3.63) is 114 Å². The lowest BCUT2D eigenvalue weighted by molar-refractivity contribution is -0.429. The van der Waals surface area contributed by atoms with E-state index in [1.165, 1.54) is 15.9 Å². The molecule has 92 heavy (non-hydrogen) atoms. The SMILES string of the molecule is CCOC(=O)[C@@H]1OC(C)(C)O[C@]12O[C@H](C(=O)C[C@@H](C)C/C(C)=C/[C@H]1C[C@@H](OCc3ccc(OC)cc3)CO[C@@]13C[C@@H]([C@@H](C)[C@H](O[Si](CC)(CC)CC)/C(C)=C/[C@@H]1CC[C@@H](O[Si](c4ccccc4)(c4ccccc4)C(C)(C)C)[C@H](OC)C1)OC(C)(C)O3)[C@@H](OC)C[C@H]2C. The molecular weight excluding hydrogens is 1200 g/mol. The minimum atomic E-state index is -2.85. The molecule has 0 unspecified atom stereocenters. The van der Waals surface area contributed by atoms with Gasteiger partial charge >= 0.3 is 5.97 Å². The average Bonchev–Trinajstić information content (AvgIpc) is 1.33. The summed E-state index contributed by atoms with van der Waals surface area (Å²) >= 11 is 0. The summed E-state index contributed by atoms with van der Waals surface area (Å²) in [5, 5.41) is 2.38. The van der Waals surface area contributed by atoms with E-state index in [1.807, 2.05) is 52.1 Å². The van der Waals surface area contributed by atoms with Crippen LogP contribution in [0.15, 0.2) is 108 Å². The summed E-state index contributed by atoms with van der Waals surface area (Å²) in [5.41, 5.74) is 3.34. The zero-order valence-electron chi connectivity index (χ0n) is 59.3. The van der Waals surface area contributed by atoms with Gasteiger partial charge in [-0.2, -0.15) is 0 Å².